The Labute approximate surface area is 69.8 Å². The first-order valence-corrected chi connectivity index (χ1v) is 3.88. The average molecular weight is 162 g/mol. The summed E-state index contributed by atoms with van der Waals surface area (Å²) < 4.78 is 0. The molecule has 0 N–H and O–H groups in total. The quantitative estimate of drug-likeness (QED) is 0.463. The number of terminal acetylenes is 1. The first-order chi connectivity index (χ1) is 5.33. The second-order valence-corrected chi connectivity index (χ2v) is 2.89. The van der Waals surface area contributed by atoms with Crippen molar-refractivity contribution in [2.75, 3.05) is 0 Å². The third-order valence-electron chi connectivity index (χ3n) is 1.07. The molecule has 0 fully saturated rings. The van der Waals surface area contributed by atoms with E-state index in [1.807, 2.05) is 36.3 Å². The third-order valence-corrected chi connectivity index (χ3v) is 1.88. The zero-order valence-corrected chi connectivity index (χ0v) is 6.60. The van der Waals surface area contributed by atoms with E-state index in [0.29, 0.717) is 0 Å². The molecule has 1 aromatic rings. The topological polar surface area (TPSA) is 17.1 Å². The lowest BCUT2D eigenvalue weighted by Gasteiger charge is -1.92. The van der Waals surface area contributed by atoms with Crippen LogP contribution in [0.5, 0.6) is 0 Å². The van der Waals surface area contributed by atoms with Crippen molar-refractivity contribution in [1.82, 2.24) is 0 Å². The van der Waals surface area contributed by atoms with E-state index in [2.05, 4.69) is 0 Å². The predicted molar refractivity (Wildman–Crippen MR) is 46.1 cm³/mol. The van der Waals surface area contributed by atoms with E-state index < -0.39 is 0 Å². The molecule has 1 nitrogen and oxygen atoms in total. The minimum absolute atomic E-state index is 0.254. The Bertz CT molecular complexity index is 284. The summed E-state index contributed by atoms with van der Waals surface area (Å²) in [6.45, 7) is 0. The van der Waals surface area contributed by atoms with E-state index >= 15 is 0 Å². The maximum absolute atomic E-state index is 10.7. The minimum Gasteiger partial charge on any atom is -0.272 e. The fourth-order valence-electron chi connectivity index (χ4n) is 0.625. The molecule has 1 aromatic carbocycles. The molecule has 0 atom stereocenters. The number of thioether (sulfide) groups is 1. The highest BCUT2D eigenvalue weighted by Gasteiger charge is 1.97. The Balaban J connectivity index is 2.67. The standard InChI is InChI=1S/C9H6OS/c1-2-9(10)11-8-6-4-3-5-7-8/h1,3-7H. The van der Waals surface area contributed by atoms with Crippen LogP contribution in [0.4, 0.5) is 0 Å². The van der Waals surface area contributed by atoms with Crippen LogP contribution in [-0.2, 0) is 4.79 Å². The molecule has 11 heavy (non-hydrogen) atoms. The van der Waals surface area contributed by atoms with Crippen LogP contribution in [0.3, 0.4) is 0 Å². The van der Waals surface area contributed by atoms with Gasteiger partial charge in [0.15, 0.2) is 0 Å². The van der Waals surface area contributed by atoms with Gasteiger partial charge in [-0.2, -0.15) is 0 Å². The second kappa shape index (κ2) is 3.85. The van der Waals surface area contributed by atoms with Crippen molar-refractivity contribution in [3.05, 3.63) is 30.3 Å². The van der Waals surface area contributed by atoms with Gasteiger partial charge in [-0.25, -0.2) is 0 Å². The van der Waals surface area contributed by atoms with E-state index in [4.69, 9.17) is 6.42 Å². The summed E-state index contributed by atoms with van der Waals surface area (Å²) in [5.74, 6) is 2.04. The monoisotopic (exact) mass is 162 g/mol. The van der Waals surface area contributed by atoms with Crippen molar-refractivity contribution in [3.63, 3.8) is 0 Å². The molecular formula is C9H6OS. The van der Waals surface area contributed by atoms with Gasteiger partial charge in [0.25, 0.3) is 5.12 Å². The lowest BCUT2D eigenvalue weighted by atomic mass is 10.4. The smallest absolute Gasteiger partial charge is 0.267 e. The van der Waals surface area contributed by atoms with Crippen LogP contribution in [0, 0.1) is 12.3 Å². The molecule has 0 radical (unpaired) electrons. The van der Waals surface area contributed by atoms with Crippen LogP contribution in [0.1, 0.15) is 0 Å². The second-order valence-electron chi connectivity index (χ2n) is 1.85. The van der Waals surface area contributed by atoms with Gasteiger partial charge in [-0.05, 0) is 29.8 Å². The van der Waals surface area contributed by atoms with E-state index in [-0.39, 0.29) is 5.12 Å². The largest absolute Gasteiger partial charge is 0.272 e. The number of carbonyl (C=O) groups is 1. The number of rotatable bonds is 1. The van der Waals surface area contributed by atoms with Crippen LogP contribution in [0.25, 0.3) is 0 Å². The number of hydrogen-bond donors (Lipinski definition) is 0. The minimum atomic E-state index is -0.254. The first kappa shape index (κ1) is 7.90. The van der Waals surface area contributed by atoms with Crippen molar-refractivity contribution >= 4 is 16.9 Å². The summed E-state index contributed by atoms with van der Waals surface area (Å²) in [6, 6.07) is 9.32. The molecule has 0 saturated carbocycles. The molecule has 0 bridgehead atoms. The van der Waals surface area contributed by atoms with Crippen molar-refractivity contribution in [1.29, 1.82) is 0 Å². The van der Waals surface area contributed by atoms with Crippen LogP contribution in [0.15, 0.2) is 35.2 Å². The van der Waals surface area contributed by atoms with Gasteiger partial charge >= 0.3 is 0 Å². The van der Waals surface area contributed by atoms with Gasteiger partial charge in [0, 0.05) is 4.90 Å². The van der Waals surface area contributed by atoms with Crippen molar-refractivity contribution in [2.45, 2.75) is 4.90 Å². The average Bonchev–Trinajstić information content (AvgIpc) is 2.06. The van der Waals surface area contributed by atoms with Crippen LogP contribution < -0.4 is 0 Å². The van der Waals surface area contributed by atoms with Crippen molar-refractivity contribution in [2.24, 2.45) is 0 Å². The summed E-state index contributed by atoms with van der Waals surface area (Å²) in [7, 11) is 0. The molecule has 0 amide bonds. The zero-order valence-electron chi connectivity index (χ0n) is 5.78. The molecule has 0 aliphatic heterocycles. The molecule has 0 aliphatic carbocycles. The third kappa shape index (κ3) is 2.48. The normalized spacial score (nSPS) is 8.64. The molecule has 0 heterocycles. The molecule has 0 aromatic heterocycles. The molecular weight excluding hydrogens is 156 g/mol. The van der Waals surface area contributed by atoms with E-state index in [0.717, 1.165) is 16.7 Å². The summed E-state index contributed by atoms with van der Waals surface area (Å²) >= 11 is 1.07. The summed E-state index contributed by atoms with van der Waals surface area (Å²) in [6.07, 6.45) is 4.90. The van der Waals surface area contributed by atoms with Crippen LogP contribution in [0.2, 0.25) is 0 Å². The van der Waals surface area contributed by atoms with E-state index in [9.17, 15) is 4.79 Å². The molecule has 54 valence electrons. The van der Waals surface area contributed by atoms with Gasteiger partial charge in [0.2, 0.25) is 0 Å². The Morgan fingerprint density at radius 1 is 1.36 bits per heavy atom. The molecule has 0 spiro atoms. The Hall–Kier alpha value is -1.20. The highest BCUT2D eigenvalue weighted by Crippen LogP contribution is 2.16. The van der Waals surface area contributed by atoms with Crippen LogP contribution in [-0.4, -0.2) is 5.12 Å². The highest BCUT2D eigenvalue weighted by molar-refractivity contribution is 8.14. The zero-order chi connectivity index (χ0) is 8.10. The molecule has 1 rings (SSSR count). The summed E-state index contributed by atoms with van der Waals surface area (Å²) in [5.41, 5.74) is 0. The SMILES string of the molecule is C#CC(=O)Sc1ccccc1. The maximum atomic E-state index is 10.7. The highest BCUT2D eigenvalue weighted by atomic mass is 32.2. The summed E-state index contributed by atoms with van der Waals surface area (Å²) in [5, 5.41) is -0.254. The maximum Gasteiger partial charge on any atom is 0.267 e. The summed E-state index contributed by atoms with van der Waals surface area (Å²) in [4.78, 5) is 11.6. The molecule has 0 saturated heterocycles. The number of carbonyl (C=O) groups excluding carboxylic acids is 1. The van der Waals surface area contributed by atoms with Gasteiger partial charge in [-0.15, -0.1) is 6.42 Å². The van der Waals surface area contributed by atoms with Crippen LogP contribution >= 0.6 is 11.8 Å². The fourth-order valence-corrected chi connectivity index (χ4v) is 1.19. The van der Waals surface area contributed by atoms with Gasteiger partial charge < -0.3 is 0 Å². The fraction of sp³-hybridized carbons (Fsp3) is 0. The van der Waals surface area contributed by atoms with Gasteiger partial charge in [-0.3, -0.25) is 4.79 Å². The molecule has 0 aliphatic rings. The van der Waals surface area contributed by atoms with E-state index in [1.54, 1.807) is 0 Å². The van der Waals surface area contributed by atoms with Gasteiger partial charge in [0.05, 0.1) is 0 Å². The number of benzene rings is 1. The Morgan fingerprint density at radius 2 is 2.00 bits per heavy atom. The van der Waals surface area contributed by atoms with Crippen molar-refractivity contribution in [3.8, 4) is 12.3 Å². The first-order valence-electron chi connectivity index (χ1n) is 3.06. The molecule has 0 unspecified atom stereocenters. The molecule has 2 heteroatoms. The van der Waals surface area contributed by atoms with Gasteiger partial charge in [0.1, 0.15) is 0 Å². The predicted octanol–water partition coefficient (Wildman–Crippen LogP) is 1.94. The van der Waals surface area contributed by atoms with Crippen molar-refractivity contribution < 1.29 is 4.79 Å². The lowest BCUT2D eigenvalue weighted by molar-refractivity contribution is -0.106. The Kier molecular flexibility index (Phi) is 2.76. The van der Waals surface area contributed by atoms with E-state index in [1.165, 1.54) is 0 Å². The lowest BCUT2D eigenvalue weighted by Crippen LogP contribution is -1.82. The number of hydrogen-bond acceptors (Lipinski definition) is 2. The van der Waals surface area contributed by atoms with Gasteiger partial charge in [-0.1, -0.05) is 18.2 Å². The Morgan fingerprint density at radius 3 is 2.55 bits per heavy atom.